The summed E-state index contributed by atoms with van der Waals surface area (Å²) in [6.07, 6.45) is 3.54. The minimum absolute atomic E-state index is 0.714. The van der Waals surface area contributed by atoms with Crippen LogP contribution < -0.4 is 4.90 Å². The van der Waals surface area contributed by atoms with Gasteiger partial charge in [0.05, 0.1) is 29.9 Å². The van der Waals surface area contributed by atoms with Gasteiger partial charge in [0, 0.05) is 35.9 Å². The summed E-state index contributed by atoms with van der Waals surface area (Å²) < 4.78 is 7.83. The summed E-state index contributed by atoms with van der Waals surface area (Å²) in [4.78, 5) is 15.1. The molecule has 2 aromatic carbocycles. The van der Waals surface area contributed by atoms with Crippen LogP contribution in [-0.4, -0.2) is 56.0 Å². The van der Waals surface area contributed by atoms with Crippen molar-refractivity contribution in [3.63, 3.8) is 0 Å². The van der Waals surface area contributed by atoms with Gasteiger partial charge in [0.1, 0.15) is 17.7 Å². The average molecular weight is 425 g/mol. The molecule has 0 spiro atoms. The molecule has 0 radical (unpaired) electrons. The van der Waals surface area contributed by atoms with E-state index in [0.717, 1.165) is 76.6 Å². The topological polar surface area (TPSA) is 84.8 Å². The third-order valence-corrected chi connectivity index (χ3v) is 6.11. The summed E-state index contributed by atoms with van der Waals surface area (Å²) in [6, 6.07) is 12.6. The minimum atomic E-state index is 0.714. The first-order chi connectivity index (χ1) is 15.7. The Morgan fingerprint density at radius 2 is 1.91 bits per heavy atom. The molecule has 8 heteroatoms. The number of imidazole rings is 1. The molecule has 0 amide bonds. The second kappa shape index (κ2) is 7.42. The van der Waals surface area contributed by atoms with Gasteiger partial charge >= 0.3 is 0 Å². The van der Waals surface area contributed by atoms with Crippen LogP contribution in [0.3, 0.4) is 0 Å². The van der Waals surface area contributed by atoms with E-state index in [0.29, 0.717) is 5.82 Å². The smallest absolute Gasteiger partial charge is 0.163 e. The summed E-state index contributed by atoms with van der Waals surface area (Å²) >= 11 is 0. The lowest BCUT2D eigenvalue weighted by Gasteiger charge is -2.29. The Balaban J connectivity index is 1.68. The highest BCUT2D eigenvalue weighted by atomic mass is 16.5. The first kappa shape index (κ1) is 18.9. The van der Waals surface area contributed by atoms with Crippen LogP contribution in [0.5, 0.6) is 0 Å². The minimum Gasteiger partial charge on any atom is -0.378 e. The van der Waals surface area contributed by atoms with Crippen LogP contribution in [0.4, 0.5) is 5.69 Å². The molecule has 0 atom stereocenters. The average Bonchev–Trinajstić information content (AvgIpc) is 3.47. The predicted octanol–water partition coefficient (Wildman–Crippen LogP) is 3.81. The highest BCUT2D eigenvalue weighted by Crippen LogP contribution is 2.36. The zero-order valence-corrected chi connectivity index (χ0v) is 18.0. The molecule has 32 heavy (non-hydrogen) atoms. The lowest BCUT2D eigenvalue weighted by molar-refractivity contribution is 0.122. The van der Waals surface area contributed by atoms with Crippen molar-refractivity contribution in [1.29, 1.82) is 0 Å². The second-order valence-corrected chi connectivity index (χ2v) is 8.10. The summed E-state index contributed by atoms with van der Waals surface area (Å²) in [5.41, 5.74) is 7.19. The van der Waals surface area contributed by atoms with E-state index in [1.807, 2.05) is 25.3 Å². The molecule has 3 aromatic heterocycles. The second-order valence-electron chi connectivity index (χ2n) is 8.10. The van der Waals surface area contributed by atoms with Crippen LogP contribution in [0.2, 0.25) is 0 Å². The molecule has 1 aliphatic heterocycles. The number of aryl methyl sites for hydroxylation is 2. The van der Waals surface area contributed by atoms with E-state index >= 15 is 0 Å². The number of pyridine rings is 1. The Morgan fingerprint density at radius 1 is 1.06 bits per heavy atom. The maximum absolute atomic E-state index is 5.58. The molecular formula is C24H23N7O. The fourth-order valence-corrected chi connectivity index (χ4v) is 4.61. The third-order valence-electron chi connectivity index (χ3n) is 6.11. The van der Waals surface area contributed by atoms with Crippen LogP contribution in [0.25, 0.3) is 39.0 Å². The molecule has 6 rings (SSSR count). The van der Waals surface area contributed by atoms with Crippen molar-refractivity contribution >= 4 is 27.6 Å². The normalized spacial score (nSPS) is 14.5. The fourth-order valence-electron chi connectivity index (χ4n) is 4.61. The summed E-state index contributed by atoms with van der Waals surface area (Å²) in [6.45, 7) is 7.30. The standard InChI is InChI=1S/C24H23N7O/c1-15-13-25-20-6-4-3-5-18(20)23(15)31-16(2)28-22-19(24-26-14-27-29-24)11-17(12-21(22)31)30-7-9-32-10-8-30/h3-6,11-14H,7-10H2,1-2H3,(H,26,27,29). The number of fused-ring (bicyclic) bond motifs is 2. The number of nitrogens with one attached hydrogen (secondary N) is 1. The molecule has 0 saturated carbocycles. The number of nitrogens with zero attached hydrogens (tertiary/aromatic N) is 6. The number of anilines is 1. The number of ether oxygens (including phenoxy) is 1. The van der Waals surface area contributed by atoms with Crippen LogP contribution >= 0.6 is 0 Å². The Kier molecular flexibility index (Phi) is 4.39. The highest BCUT2D eigenvalue weighted by molar-refractivity contribution is 5.97. The third kappa shape index (κ3) is 2.95. The first-order valence-electron chi connectivity index (χ1n) is 10.8. The van der Waals surface area contributed by atoms with Gasteiger partial charge in [-0.1, -0.05) is 18.2 Å². The molecule has 1 aliphatic rings. The van der Waals surface area contributed by atoms with E-state index in [1.54, 1.807) is 6.33 Å². The number of aromatic nitrogens is 6. The number of para-hydroxylation sites is 1. The van der Waals surface area contributed by atoms with E-state index in [1.165, 1.54) is 0 Å². The van der Waals surface area contributed by atoms with Gasteiger partial charge in [-0.25, -0.2) is 4.98 Å². The fraction of sp³-hybridized carbons (Fsp3) is 0.250. The number of morpholine rings is 1. The molecule has 160 valence electrons. The Bertz CT molecular complexity index is 1430. The van der Waals surface area contributed by atoms with Gasteiger partial charge in [0.25, 0.3) is 0 Å². The van der Waals surface area contributed by atoms with E-state index in [9.17, 15) is 0 Å². The van der Waals surface area contributed by atoms with Crippen LogP contribution in [-0.2, 0) is 4.74 Å². The van der Waals surface area contributed by atoms with Crippen molar-refractivity contribution in [2.75, 3.05) is 31.2 Å². The molecule has 0 bridgehead atoms. The lowest BCUT2D eigenvalue weighted by Crippen LogP contribution is -2.36. The molecule has 1 fully saturated rings. The SMILES string of the molecule is Cc1cnc2ccccc2c1-n1c(C)nc2c(-c3nnc[nH]3)cc(N3CCOCC3)cc21. The zero-order chi connectivity index (χ0) is 21.7. The molecule has 0 unspecified atom stereocenters. The van der Waals surface area contributed by atoms with Crippen LogP contribution in [0.15, 0.2) is 48.9 Å². The largest absolute Gasteiger partial charge is 0.378 e. The van der Waals surface area contributed by atoms with Gasteiger partial charge in [0.2, 0.25) is 0 Å². The molecule has 8 nitrogen and oxygen atoms in total. The molecule has 5 aromatic rings. The van der Waals surface area contributed by atoms with Crippen molar-refractivity contribution in [2.45, 2.75) is 13.8 Å². The number of hydrogen-bond acceptors (Lipinski definition) is 6. The number of H-pyrrole nitrogens is 1. The monoisotopic (exact) mass is 425 g/mol. The van der Waals surface area contributed by atoms with Crippen LogP contribution in [0, 0.1) is 13.8 Å². The zero-order valence-electron chi connectivity index (χ0n) is 18.0. The van der Waals surface area contributed by atoms with Gasteiger partial charge in [-0.05, 0) is 37.6 Å². The van der Waals surface area contributed by atoms with Gasteiger partial charge in [-0.15, -0.1) is 10.2 Å². The van der Waals surface area contributed by atoms with Gasteiger partial charge in [0.15, 0.2) is 5.82 Å². The van der Waals surface area contributed by atoms with Gasteiger partial charge < -0.3 is 14.6 Å². The molecular weight excluding hydrogens is 402 g/mol. The number of hydrogen-bond donors (Lipinski definition) is 1. The van der Waals surface area contributed by atoms with Crippen molar-refractivity contribution in [2.24, 2.45) is 0 Å². The summed E-state index contributed by atoms with van der Waals surface area (Å²) in [7, 11) is 0. The lowest BCUT2D eigenvalue weighted by atomic mass is 10.1. The number of benzene rings is 2. The van der Waals surface area contributed by atoms with Crippen molar-refractivity contribution in [1.82, 2.24) is 29.7 Å². The highest BCUT2D eigenvalue weighted by Gasteiger charge is 2.22. The first-order valence-corrected chi connectivity index (χ1v) is 10.8. The number of aromatic amines is 1. The maximum Gasteiger partial charge on any atom is 0.163 e. The van der Waals surface area contributed by atoms with E-state index < -0.39 is 0 Å². The predicted molar refractivity (Wildman–Crippen MR) is 124 cm³/mol. The van der Waals surface area contributed by atoms with Crippen molar-refractivity contribution in [3.8, 4) is 17.1 Å². The van der Waals surface area contributed by atoms with Crippen molar-refractivity contribution < 1.29 is 4.74 Å². The summed E-state index contributed by atoms with van der Waals surface area (Å²) in [5, 5.41) is 9.41. The Hall–Kier alpha value is -3.78. The number of rotatable bonds is 3. The molecule has 1 saturated heterocycles. The van der Waals surface area contributed by atoms with Gasteiger partial charge in [-0.2, -0.15) is 0 Å². The van der Waals surface area contributed by atoms with E-state index in [-0.39, 0.29) is 0 Å². The molecule has 0 aliphatic carbocycles. The molecule has 4 heterocycles. The van der Waals surface area contributed by atoms with Crippen molar-refractivity contribution in [3.05, 3.63) is 60.3 Å². The van der Waals surface area contributed by atoms with E-state index in [2.05, 4.69) is 60.8 Å². The molecule has 1 N–H and O–H groups in total. The quantitative estimate of drug-likeness (QED) is 0.473. The summed E-state index contributed by atoms with van der Waals surface area (Å²) in [5.74, 6) is 1.63. The maximum atomic E-state index is 5.58. The van der Waals surface area contributed by atoms with Gasteiger partial charge in [-0.3, -0.25) is 9.55 Å². The van der Waals surface area contributed by atoms with Crippen LogP contribution in [0.1, 0.15) is 11.4 Å². The Labute approximate surface area is 184 Å². The Morgan fingerprint density at radius 3 is 2.72 bits per heavy atom. The van der Waals surface area contributed by atoms with E-state index in [4.69, 9.17) is 9.72 Å².